The number of hydrogen-bond acceptors (Lipinski definition) is 2. The number of alkyl halides is 3. The lowest BCUT2D eigenvalue weighted by Gasteiger charge is -2.14. The Balaban J connectivity index is 2.46. The summed E-state index contributed by atoms with van der Waals surface area (Å²) in [5.41, 5.74) is 0.127. The summed E-state index contributed by atoms with van der Waals surface area (Å²) in [7, 11) is -1.30. The van der Waals surface area contributed by atoms with Crippen molar-refractivity contribution < 1.29 is 22.0 Å². The van der Waals surface area contributed by atoms with Gasteiger partial charge in [-0.25, -0.2) is 0 Å². The van der Waals surface area contributed by atoms with Gasteiger partial charge in [-0.1, -0.05) is 32.0 Å². The molecule has 0 unspecified atom stereocenters. The number of hydrogen-bond donors (Lipinski definition) is 0. The van der Waals surface area contributed by atoms with Gasteiger partial charge in [-0.15, -0.1) is 0 Å². The molecule has 0 heterocycles. The van der Waals surface area contributed by atoms with Crippen molar-refractivity contribution in [3.8, 4) is 0 Å². The summed E-state index contributed by atoms with van der Waals surface area (Å²) in [6.45, 7) is 5.45. The van der Waals surface area contributed by atoms with Crippen molar-refractivity contribution in [2.24, 2.45) is 0 Å². The van der Waals surface area contributed by atoms with E-state index in [-0.39, 0.29) is 0 Å². The van der Waals surface area contributed by atoms with Gasteiger partial charge < -0.3 is 8.85 Å². The second-order valence-electron chi connectivity index (χ2n) is 5.12. The molecule has 0 amide bonds. The summed E-state index contributed by atoms with van der Waals surface area (Å²) in [5.74, 6) is 0. The van der Waals surface area contributed by atoms with Crippen molar-refractivity contribution in [3.05, 3.63) is 35.4 Å². The summed E-state index contributed by atoms with van der Waals surface area (Å²) in [4.78, 5) is 0. The van der Waals surface area contributed by atoms with Crippen LogP contribution in [-0.2, 0) is 21.4 Å². The third kappa shape index (κ3) is 7.42. The molecule has 0 aliphatic rings. The molecule has 0 aliphatic carbocycles. The summed E-state index contributed by atoms with van der Waals surface area (Å²) in [5, 5.41) is 0. The molecule has 0 aromatic heterocycles. The molecule has 1 rings (SSSR count). The minimum atomic E-state index is -4.28. The lowest BCUT2D eigenvalue weighted by Crippen LogP contribution is -2.24. The van der Waals surface area contributed by atoms with E-state index in [1.54, 1.807) is 6.07 Å². The van der Waals surface area contributed by atoms with Crippen molar-refractivity contribution in [1.82, 2.24) is 0 Å². The fraction of sp³-hybridized carbons (Fsp3) is 0.625. The van der Waals surface area contributed by atoms with Crippen LogP contribution in [0.4, 0.5) is 13.2 Å². The highest BCUT2D eigenvalue weighted by atomic mass is 28.3. The smallest absolute Gasteiger partial charge is 0.393 e. The third-order valence-corrected chi connectivity index (χ3v) is 4.85. The highest BCUT2D eigenvalue weighted by Gasteiger charge is 2.30. The van der Waals surface area contributed by atoms with Gasteiger partial charge in [-0.2, -0.15) is 13.2 Å². The van der Waals surface area contributed by atoms with E-state index >= 15 is 0 Å². The average Bonchev–Trinajstić information content (AvgIpc) is 2.49. The molecular formula is C16H24F3O2Si. The summed E-state index contributed by atoms with van der Waals surface area (Å²) < 4.78 is 49.4. The molecule has 1 aromatic carbocycles. The Labute approximate surface area is 132 Å². The normalized spacial score (nSPS) is 12.1. The topological polar surface area (TPSA) is 18.5 Å². The van der Waals surface area contributed by atoms with E-state index < -0.39 is 21.0 Å². The molecule has 0 saturated carbocycles. The Kier molecular flexibility index (Phi) is 8.74. The van der Waals surface area contributed by atoms with Crippen molar-refractivity contribution in [2.45, 2.75) is 51.8 Å². The van der Waals surface area contributed by atoms with Gasteiger partial charge in [0.1, 0.15) is 0 Å². The number of aryl methyl sites for hydroxylation is 1. The van der Waals surface area contributed by atoms with E-state index in [1.807, 2.05) is 13.8 Å². The minimum absolute atomic E-state index is 0.583. The standard InChI is InChI=1S/C16H24F3O2Si/c1-3-10-20-22(21-11-4-2)12-6-8-14-7-5-9-15(13-14)16(17,18)19/h5,7,9,13H,3-4,6,8,10-12H2,1-2H3. The highest BCUT2D eigenvalue weighted by Crippen LogP contribution is 2.29. The van der Waals surface area contributed by atoms with E-state index in [9.17, 15) is 13.2 Å². The Hall–Kier alpha value is -0.853. The Morgan fingerprint density at radius 1 is 1.05 bits per heavy atom. The van der Waals surface area contributed by atoms with Crippen LogP contribution >= 0.6 is 0 Å². The number of rotatable bonds is 10. The zero-order chi connectivity index (χ0) is 16.4. The van der Waals surface area contributed by atoms with Gasteiger partial charge in [-0.3, -0.25) is 0 Å². The second kappa shape index (κ2) is 10.0. The molecule has 0 fully saturated rings. The molecule has 0 aliphatic heterocycles. The van der Waals surface area contributed by atoms with Crippen LogP contribution in [0.2, 0.25) is 6.04 Å². The lowest BCUT2D eigenvalue weighted by atomic mass is 10.1. The van der Waals surface area contributed by atoms with E-state index in [0.29, 0.717) is 25.2 Å². The van der Waals surface area contributed by atoms with Gasteiger partial charge in [0.15, 0.2) is 0 Å². The van der Waals surface area contributed by atoms with Crippen LogP contribution in [-0.4, -0.2) is 22.5 Å². The maximum atomic E-state index is 12.7. The van der Waals surface area contributed by atoms with Gasteiger partial charge >= 0.3 is 15.5 Å². The average molecular weight is 333 g/mol. The molecule has 6 heteroatoms. The van der Waals surface area contributed by atoms with Crippen molar-refractivity contribution >= 4 is 9.28 Å². The lowest BCUT2D eigenvalue weighted by molar-refractivity contribution is -0.137. The monoisotopic (exact) mass is 333 g/mol. The fourth-order valence-electron chi connectivity index (χ4n) is 1.96. The van der Waals surface area contributed by atoms with Crippen molar-refractivity contribution in [3.63, 3.8) is 0 Å². The van der Waals surface area contributed by atoms with Crippen LogP contribution in [0.3, 0.4) is 0 Å². The SMILES string of the molecule is CCCO[Si](CCCc1cccc(C(F)(F)F)c1)OCCC. The third-order valence-electron chi connectivity index (χ3n) is 3.04. The summed E-state index contributed by atoms with van der Waals surface area (Å²) in [6.07, 6.45) is -1.000. The first kappa shape index (κ1) is 19.2. The van der Waals surface area contributed by atoms with Gasteiger partial charge in [-0.05, 0) is 43.4 Å². The van der Waals surface area contributed by atoms with Crippen LogP contribution in [0.5, 0.6) is 0 Å². The summed E-state index contributed by atoms with van der Waals surface area (Å²) >= 11 is 0. The molecule has 1 radical (unpaired) electrons. The Morgan fingerprint density at radius 2 is 1.68 bits per heavy atom. The van der Waals surface area contributed by atoms with Crippen LogP contribution in [0.15, 0.2) is 24.3 Å². The first-order valence-corrected chi connectivity index (χ1v) is 9.27. The molecule has 0 atom stereocenters. The molecule has 0 N–H and O–H groups in total. The molecule has 1 aromatic rings. The molecular weight excluding hydrogens is 309 g/mol. The second-order valence-corrected chi connectivity index (χ2v) is 6.94. The molecule has 2 nitrogen and oxygen atoms in total. The predicted molar refractivity (Wildman–Crippen MR) is 82.8 cm³/mol. The van der Waals surface area contributed by atoms with Crippen molar-refractivity contribution in [1.29, 1.82) is 0 Å². The highest BCUT2D eigenvalue weighted by molar-refractivity contribution is 6.44. The Morgan fingerprint density at radius 3 is 2.23 bits per heavy atom. The maximum Gasteiger partial charge on any atom is 0.416 e. The molecule has 0 saturated heterocycles. The van der Waals surface area contributed by atoms with Gasteiger partial charge in [0, 0.05) is 13.2 Å². The fourth-order valence-corrected chi connectivity index (χ4v) is 3.66. The Bertz CT molecular complexity index is 416. The maximum absolute atomic E-state index is 12.7. The number of benzene rings is 1. The van der Waals surface area contributed by atoms with Crippen LogP contribution in [0, 0.1) is 0 Å². The van der Waals surface area contributed by atoms with Crippen LogP contribution in [0.25, 0.3) is 0 Å². The largest absolute Gasteiger partial charge is 0.416 e. The molecule has 0 bridgehead atoms. The quantitative estimate of drug-likeness (QED) is 0.562. The predicted octanol–water partition coefficient (Wildman–Crippen LogP) is 4.98. The molecule has 0 spiro atoms. The van der Waals surface area contributed by atoms with Crippen LogP contribution in [0.1, 0.15) is 44.2 Å². The van der Waals surface area contributed by atoms with Gasteiger partial charge in [0.05, 0.1) is 5.56 Å². The number of halogens is 3. The molecule has 125 valence electrons. The molecule has 22 heavy (non-hydrogen) atoms. The first-order chi connectivity index (χ1) is 10.5. The van der Waals surface area contributed by atoms with Crippen molar-refractivity contribution in [2.75, 3.05) is 13.2 Å². The van der Waals surface area contributed by atoms with Crippen LogP contribution < -0.4 is 0 Å². The zero-order valence-electron chi connectivity index (χ0n) is 13.2. The van der Waals surface area contributed by atoms with E-state index in [2.05, 4.69) is 0 Å². The zero-order valence-corrected chi connectivity index (χ0v) is 14.2. The van der Waals surface area contributed by atoms with E-state index in [1.165, 1.54) is 12.1 Å². The van der Waals surface area contributed by atoms with Gasteiger partial charge in [0.25, 0.3) is 0 Å². The minimum Gasteiger partial charge on any atom is -0.393 e. The van der Waals surface area contributed by atoms with E-state index in [4.69, 9.17) is 8.85 Å². The first-order valence-electron chi connectivity index (χ1n) is 7.75. The van der Waals surface area contributed by atoms with Gasteiger partial charge in [0.2, 0.25) is 0 Å². The van der Waals surface area contributed by atoms with E-state index in [0.717, 1.165) is 31.4 Å². The summed E-state index contributed by atoms with van der Waals surface area (Å²) in [6, 6.07) is 6.33.